The molecule has 0 bridgehead atoms. The first-order valence-corrected chi connectivity index (χ1v) is 11.8. The average molecular weight is 425 g/mol. The highest BCUT2D eigenvalue weighted by Crippen LogP contribution is 2.28. The highest BCUT2D eigenvalue weighted by atomic mass is 32.2. The molecule has 4 rings (SSSR count). The molecule has 1 N–H and O–H groups in total. The van der Waals surface area contributed by atoms with E-state index in [1.54, 1.807) is 11.8 Å². The molecule has 0 radical (unpaired) electrons. The van der Waals surface area contributed by atoms with Crippen LogP contribution in [0.25, 0.3) is 11.0 Å². The van der Waals surface area contributed by atoms with Crippen molar-refractivity contribution in [3.63, 3.8) is 0 Å². The van der Waals surface area contributed by atoms with Gasteiger partial charge in [0.1, 0.15) is 5.82 Å². The van der Waals surface area contributed by atoms with E-state index in [-0.39, 0.29) is 11.8 Å². The highest BCUT2D eigenvalue weighted by Gasteiger charge is 2.21. The number of carbonyl (C=O) groups is 1. The fraction of sp³-hybridized carbons (Fsp3) is 0.455. The van der Waals surface area contributed by atoms with E-state index in [0.717, 1.165) is 47.1 Å². The molecule has 0 aliphatic carbocycles. The molecule has 3 aromatic rings. The van der Waals surface area contributed by atoms with E-state index in [1.165, 1.54) is 12.8 Å². The Morgan fingerprint density at radius 3 is 2.67 bits per heavy atom. The van der Waals surface area contributed by atoms with Crippen LogP contribution < -0.4 is 10.2 Å². The summed E-state index contributed by atoms with van der Waals surface area (Å²) in [5, 5.41) is 9.36. The Labute approximate surface area is 181 Å². The van der Waals surface area contributed by atoms with Crippen molar-refractivity contribution in [1.82, 2.24) is 25.1 Å². The van der Waals surface area contributed by atoms with E-state index in [0.29, 0.717) is 13.1 Å². The van der Waals surface area contributed by atoms with Gasteiger partial charge in [-0.25, -0.2) is 14.6 Å². The maximum atomic E-state index is 12.7. The van der Waals surface area contributed by atoms with Gasteiger partial charge in [-0.05, 0) is 31.1 Å². The number of hydrogen-bond donors (Lipinski definition) is 1. The summed E-state index contributed by atoms with van der Waals surface area (Å²) >= 11 is 1.54. The van der Waals surface area contributed by atoms with Crippen molar-refractivity contribution in [1.29, 1.82) is 0 Å². The van der Waals surface area contributed by atoms with Crippen LogP contribution in [0.5, 0.6) is 0 Å². The number of thioether (sulfide) groups is 1. The van der Waals surface area contributed by atoms with Gasteiger partial charge in [0.15, 0.2) is 10.8 Å². The third-order valence-electron chi connectivity index (χ3n) is 5.59. The Bertz CT molecular complexity index is 1000. The molecule has 1 amide bonds. The lowest BCUT2D eigenvalue weighted by atomic mass is 9.96. The van der Waals surface area contributed by atoms with E-state index in [1.807, 2.05) is 54.4 Å². The zero-order chi connectivity index (χ0) is 20.9. The Hall–Kier alpha value is -2.61. The SMILES string of the molecule is CC[C@@H](C(=O)NCCn1ncc2c(N3CCCC3)nc(SC)nc21)c1ccccc1. The maximum absolute atomic E-state index is 12.7. The van der Waals surface area contributed by atoms with Crippen LogP contribution in [0.4, 0.5) is 5.82 Å². The number of hydrogen-bond acceptors (Lipinski definition) is 6. The van der Waals surface area contributed by atoms with E-state index in [2.05, 4.69) is 15.3 Å². The lowest BCUT2D eigenvalue weighted by Gasteiger charge is -2.18. The van der Waals surface area contributed by atoms with Crippen LogP contribution in [0.2, 0.25) is 0 Å². The van der Waals surface area contributed by atoms with Gasteiger partial charge in [0.05, 0.1) is 24.0 Å². The molecule has 1 fully saturated rings. The van der Waals surface area contributed by atoms with Gasteiger partial charge in [-0.3, -0.25) is 4.79 Å². The van der Waals surface area contributed by atoms with Crippen molar-refractivity contribution < 1.29 is 4.79 Å². The molecule has 1 aliphatic rings. The molecule has 3 heterocycles. The Morgan fingerprint density at radius 2 is 1.97 bits per heavy atom. The van der Waals surface area contributed by atoms with Crippen LogP contribution in [0.3, 0.4) is 0 Å². The molecule has 8 heteroatoms. The molecule has 1 aliphatic heterocycles. The molecule has 1 atom stereocenters. The Kier molecular flexibility index (Phi) is 6.52. The van der Waals surface area contributed by atoms with Gasteiger partial charge in [0.25, 0.3) is 0 Å². The predicted octanol–water partition coefficient (Wildman–Crippen LogP) is 3.46. The first-order valence-electron chi connectivity index (χ1n) is 10.6. The molecule has 1 saturated heterocycles. The number of fused-ring (bicyclic) bond motifs is 1. The van der Waals surface area contributed by atoms with Crippen LogP contribution >= 0.6 is 11.8 Å². The third-order valence-corrected chi connectivity index (χ3v) is 6.14. The van der Waals surface area contributed by atoms with Gasteiger partial charge in [-0.2, -0.15) is 5.10 Å². The number of anilines is 1. The molecule has 0 spiro atoms. The smallest absolute Gasteiger partial charge is 0.227 e. The number of carbonyl (C=O) groups excluding carboxylic acids is 1. The van der Waals surface area contributed by atoms with Crippen molar-refractivity contribution in [2.75, 3.05) is 30.8 Å². The van der Waals surface area contributed by atoms with Gasteiger partial charge in [-0.15, -0.1) is 0 Å². The monoisotopic (exact) mass is 424 g/mol. The number of benzene rings is 1. The third kappa shape index (κ3) is 4.28. The van der Waals surface area contributed by atoms with E-state index < -0.39 is 0 Å². The quantitative estimate of drug-likeness (QED) is 0.441. The summed E-state index contributed by atoms with van der Waals surface area (Å²) in [6.07, 6.45) is 7.00. The fourth-order valence-electron chi connectivity index (χ4n) is 4.01. The van der Waals surface area contributed by atoms with E-state index >= 15 is 0 Å². The lowest BCUT2D eigenvalue weighted by Crippen LogP contribution is -2.32. The van der Waals surface area contributed by atoms with Crippen molar-refractivity contribution in [2.24, 2.45) is 0 Å². The summed E-state index contributed by atoms with van der Waals surface area (Å²) in [6, 6.07) is 9.94. The summed E-state index contributed by atoms with van der Waals surface area (Å²) < 4.78 is 1.88. The minimum atomic E-state index is -0.132. The molecule has 30 heavy (non-hydrogen) atoms. The normalized spacial score (nSPS) is 14.9. The highest BCUT2D eigenvalue weighted by molar-refractivity contribution is 7.98. The second-order valence-electron chi connectivity index (χ2n) is 7.50. The van der Waals surface area contributed by atoms with Crippen molar-refractivity contribution in [3.05, 3.63) is 42.1 Å². The summed E-state index contributed by atoms with van der Waals surface area (Å²) in [4.78, 5) is 24.5. The number of nitrogens with one attached hydrogen (secondary N) is 1. The largest absolute Gasteiger partial charge is 0.356 e. The Morgan fingerprint density at radius 1 is 1.20 bits per heavy atom. The van der Waals surface area contributed by atoms with Crippen molar-refractivity contribution in [3.8, 4) is 0 Å². The molecular weight excluding hydrogens is 396 g/mol. The van der Waals surface area contributed by atoms with Crippen LogP contribution in [-0.4, -0.2) is 51.5 Å². The topological polar surface area (TPSA) is 75.9 Å². The summed E-state index contributed by atoms with van der Waals surface area (Å²) in [7, 11) is 0. The molecule has 0 unspecified atom stereocenters. The number of nitrogens with zero attached hydrogens (tertiary/aromatic N) is 5. The number of rotatable bonds is 8. The van der Waals surface area contributed by atoms with Crippen LogP contribution in [0.1, 0.15) is 37.7 Å². The van der Waals surface area contributed by atoms with Gasteiger partial charge in [0.2, 0.25) is 5.91 Å². The summed E-state index contributed by atoms with van der Waals surface area (Å²) in [5.41, 5.74) is 1.88. The van der Waals surface area contributed by atoms with Crippen LogP contribution in [0, 0.1) is 0 Å². The van der Waals surface area contributed by atoms with Gasteiger partial charge >= 0.3 is 0 Å². The number of amides is 1. The van der Waals surface area contributed by atoms with E-state index in [4.69, 9.17) is 9.97 Å². The van der Waals surface area contributed by atoms with Gasteiger partial charge in [0, 0.05) is 19.6 Å². The van der Waals surface area contributed by atoms with Gasteiger partial charge in [-0.1, -0.05) is 49.0 Å². The average Bonchev–Trinajstić information content (AvgIpc) is 3.45. The molecule has 0 saturated carbocycles. The predicted molar refractivity (Wildman–Crippen MR) is 121 cm³/mol. The molecule has 1 aromatic carbocycles. The number of aromatic nitrogens is 4. The molecule has 2 aromatic heterocycles. The summed E-state index contributed by atoms with van der Waals surface area (Å²) in [6.45, 7) is 5.18. The Balaban J connectivity index is 1.48. The zero-order valence-electron chi connectivity index (χ0n) is 17.5. The minimum Gasteiger partial charge on any atom is -0.356 e. The standard InChI is InChI=1S/C22H28N6OS/c1-3-17(16-9-5-4-6-10-16)21(29)23-11-14-28-20-18(15-24-28)19(25-22(26-20)30-2)27-12-7-8-13-27/h4-6,9-10,15,17H,3,7-8,11-14H2,1-2H3,(H,23,29)/t17-/m1/s1. The first kappa shape index (κ1) is 20.7. The lowest BCUT2D eigenvalue weighted by molar-refractivity contribution is -0.122. The van der Waals surface area contributed by atoms with Crippen LogP contribution in [-0.2, 0) is 11.3 Å². The minimum absolute atomic E-state index is 0.0531. The molecular formula is C22H28N6OS. The summed E-state index contributed by atoms with van der Waals surface area (Å²) in [5.74, 6) is 0.900. The van der Waals surface area contributed by atoms with E-state index in [9.17, 15) is 4.79 Å². The first-order chi connectivity index (χ1) is 14.7. The van der Waals surface area contributed by atoms with Crippen molar-refractivity contribution >= 4 is 34.5 Å². The molecule has 7 nitrogen and oxygen atoms in total. The van der Waals surface area contributed by atoms with Crippen molar-refractivity contribution in [2.45, 2.75) is 43.8 Å². The maximum Gasteiger partial charge on any atom is 0.227 e. The zero-order valence-corrected chi connectivity index (χ0v) is 18.4. The van der Waals surface area contributed by atoms with Gasteiger partial charge < -0.3 is 10.2 Å². The second-order valence-corrected chi connectivity index (χ2v) is 8.27. The second kappa shape index (κ2) is 9.47. The van der Waals surface area contributed by atoms with Crippen LogP contribution in [0.15, 0.2) is 41.7 Å². The molecule has 158 valence electrons. The fourth-order valence-corrected chi connectivity index (χ4v) is 4.37.